The Morgan fingerprint density at radius 3 is 1.66 bits per heavy atom. The fourth-order valence-corrected chi connectivity index (χ4v) is 6.67. The molecule has 0 saturated carbocycles. The average molecular weight is 873 g/mol. The van der Waals surface area contributed by atoms with E-state index in [1.54, 1.807) is 13.8 Å². The molecule has 13 nitrogen and oxygen atoms in total. The zero-order valence-electron chi connectivity index (χ0n) is 34.7. The number of likely N-dealkylation sites (tertiary alicyclic amines) is 2. The van der Waals surface area contributed by atoms with Crippen LogP contribution in [-0.4, -0.2) is 105 Å². The van der Waals surface area contributed by atoms with Gasteiger partial charge in [-0.25, -0.2) is 9.59 Å². The van der Waals surface area contributed by atoms with Crippen LogP contribution in [-0.2, 0) is 58.6 Å². The van der Waals surface area contributed by atoms with Gasteiger partial charge in [0.15, 0.2) is 6.10 Å². The number of pyridine rings is 2. The number of hydrogen-bond donors (Lipinski definition) is 1. The highest BCUT2D eigenvalue weighted by Crippen LogP contribution is 2.33. The Kier molecular flexibility index (Phi) is 20.3. The minimum atomic E-state index is -4.61. The fourth-order valence-electron chi connectivity index (χ4n) is 6.10. The second kappa shape index (κ2) is 23.3. The number of nitrogens with zero attached hydrogens (tertiary/aromatic N) is 3. The first-order valence-corrected chi connectivity index (χ1v) is 21.4. The van der Waals surface area contributed by atoms with E-state index in [4.69, 9.17) is 9.47 Å². The van der Waals surface area contributed by atoms with E-state index in [0.717, 1.165) is 49.8 Å². The third kappa shape index (κ3) is 18.2. The second-order valence-electron chi connectivity index (χ2n) is 15.1. The molecule has 2 aromatic rings. The van der Waals surface area contributed by atoms with Crippen LogP contribution in [0.2, 0.25) is 0 Å². The predicted octanol–water partition coefficient (Wildman–Crippen LogP) is 5.85. The number of H-pyrrole nitrogens is 1. The Bertz CT molecular complexity index is 1870. The average Bonchev–Trinajstić information content (AvgIpc) is 3.05. The monoisotopic (exact) mass is 872 g/mol. The number of aromatic amines is 1. The van der Waals surface area contributed by atoms with Gasteiger partial charge < -0.3 is 28.8 Å². The summed E-state index contributed by atoms with van der Waals surface area (Å²) in [6.45, 7) is 15.9. The SMILES string of the molecule is CCOC(=O)C(CC(C)C)OS(C)(=O)=O.CCOC(=O)C(CC(C)C)n1cc(CCN2CCC2)c(C(F)(F)F)cc1=O.O=c1cc(C(F)(F)F)c(CCN2CCC2)c[nH]1. The van der Waals surface area contributed by atoms with E-state index in [1.807, 2.05) is 27.7 Å². The molecule has 0 bridgehead atoms. The first-order chi connectivity index (χ1) is 27.4. The van der Waals surface area contributed by atoms with E-state index in [0.29, 0.717) is 44.5 Å². The van der Waals surface area contributed by atoms with Crippen LogP contribution < -0.4 is 11.1 Å². The number of carbonyl (C=O) groups excluding carboxylic acids is 2. The Hall–Kier alpha value is -3.75. The van der Waals surface area contributed by atoms with Crippen molar-refractivity contribution in [1.29, 1.82) is 0 Å². The van der Waals surface area contributed by atoms with Crippen molar-refractivity contribution in [2.24, 2.45) is 11.8 Å². The van der Waals surface area contributed by atoms with Gasteiger partial charge in [-0.1, -0.05) is 27.7 Å². The van der Waals surface area contributed by atoms with Crippen molar-refractivity contribution in [3.8, 4) is 0 Å². The predicted molar refractivity (Wildman–Crippen MR) is 208 cm³/mol. The Morgan fingerprint density at radius 2 is 1.24 bits per heavy atom. The molecule has 2 fully saturated rings. The highest BCUT2D eigenvalue weighted by molar-refractivity contribution is 7.86. The minimum absolute atomic E-state index is 0.0343. The third-order valence-electron chi connectivity index (χ3n) is 9.19. The van der Waals surface area contributed by atoms with Gasteiger partial charge in [0, 0.05) is 37.6 Å². The lowest BCUT2D eigenvalue weighted by molar-refractivity contribution is -0.152. The van der Waals surface area contributed by atoms with Crippen molar-refractivity contribution in [3.05, 3.63) is 67.5 Å². The van der Waals surface area contributed by atoms with E-state index in [9.17, 15) is 53.9 Å². The molecule has 0 radical (unpaired) electrons. The molecule has 2 atom stereocenters. The molecule has 1 N–H and O–H groups in total. The first-order valence-electron chi connectivity index (χ1n) is 19.6. The lowest BCUT2D eigenvalue weighted by atomic mass is 10.0. The molecule has 0 amide bonds. The maximum absolute atomic E-state index is 13.4. The molecule has 20 heteroatoms. The summed E-state index contributed by atoms with van der Waals surface area (Å²) in [7, 11) is -3.63. The standard InChI is InChI=1S/C19H27F3N2O3.C11H13F3N2O.C9H18O5S/c1-4-27-18(26)16(10-13(2)3)24-12-14(6-9-23-7-5-8-23)15(11-17(24)25)19(20,21)22;12-11(13,14)9-6-10(17)15-7-8(9)2-5-16-3-1-4-16;1-5-13-9(10)8(6-7(2)3)14-15(4,11)12/h11-13,16H,4-10H2,1-3H3;6-7H,1-5H2,(H,15,17);7-8H,5-6H2,1-4H3. The van der Waals surface area contributed by atoms with Gasteiger partial charge in [-0.2, -0.15) is 34.8 Å². The maximum atomic E-state index is 13.4. The number of carbonyl (C=O) groups is 2. The van der Waals surface area contributed by atoms with Gasteiger partial charge in [-0.05, 0) is 102 Å². The minimum Gasteiger partial charge on any atom is -0.464 e. The number of esters is 2. The van der Waals surface area contributed by atoms with E-state index < -0.39 is 68.8 Å². The van der Waals surface area contributed by atoms with Crippen LogP contribution in [0.4, 0.5) is 26.3 Å². The molecular weight excluding hydrogens is 815 g/mol. The molecule has 2 unspecified atom stereocenters. The fraction of sp³-hybridized carbons (Fsp3) is 0.692. The lowest BCUT2D eigenvalue weighted by Crippen LogP contribution is -2.39. The van der Waals surface area contributed by atoms with Gasteiger partial charge in [0.25, 0.3) is 15.7 Å². The van der Waals surface area contributed by atoms with Gasteiger partial charge in [0.1, 0.15) is 6.04 Å². The molecule has 0 spiro atoms. The Morgan fingerprint density at radius 1 is 0.763 bits per heavy atom. The van der Waals surface area contributed by atoms with Crippen LogP contribution in [0.15, 0.2) is 34.1 Å². The summed E-state index contributed by atoms with van der Waals surface area (Å²) in [4.78, 5) is 53.5. The molecule has 2 aliphatic rings. The van der Waals surface area contributed by atoms with E-state index in [2.05, 4.69) is 19.0 Å². The molecule has 4 heterocycles. The van der Waals surface area contributed by atoms with Crippen molar-refractivity contribution in [2.45, 2.75) is 105 Å². The Labute approximate surface area is 341 Å². The smallest absolute Gasteiger partial charge is 0.416 e. The summed E-state index contributed by atoms with van der Waals surface area (Å²) >= 11 is 0. The molecular formula is C39H58F6N4O9S. The highest BCUT2D eigenvalue weighted by atomic mass is 32.2. The highest BCUT2D eigenvalue weighted by Gasteiger charge is 2.36. The molecule has 2 aromatic heterocycles. The summed E-state index contributed by atoms with van der Waals surface area (Å²) in [6.07, 6.45) is -3.53. The van der Waals surface area contributed by atoms with Crippen LogP contribution in [0.3, 0.4) is 0 Å². The zero-order chi connectivity index (χ0) is 44.7. The summed E-state index contributed by atoms with van der Waals surface area (Å²) in [6, 6.07) is 0.311. The van der Waals surface area contributed by atoms with Crippen molar-refractivity contribution < 1.29 is 58.0 Å². The van der Waals surface area contributed by atoms with Gasteiger partial charge >= 0.3 is 24.3 Å². The Balaban J connectivity index is 0.000000324. The summed E-state index contributed by atoms with van der Waals surface area (Å²) in [5, 5.41) is 0. The van der Waals surface area contributed by atoms with Gasteiger partial charge in [0.05, 0.1) is 30.6 Å². The van der Waals surface area contributed by atoms with Gasteiger partial charge in [-0.15, -0.1) is 0 Å². The second-order valence-corrected chi connectivity index (χ2v) is 16.7. The van der Waals surface area contributed by atoms with Crippen LogP contribution in [0.25, 0.3) is 0 Å². The van der Waals surface area contributed by atoms with Crippen molar-refractivity contribution in [2.75, 3.05) is 58.7 Å². The molecule has 2 aliphatic heterocycles. The third-order valence-corrected chi connectivity index (χ3v) is 9.77. The van der Waals surface area contributed by atoms with Crippen LogP contribution in [0.1, 0.15) is 95.5 Å². The van der Waals surface area contributed by atoms with Gasteiger partial charge in [0.2, 0.25) is 5.56 Å². The molecule has 0 aromatic carbocycles. The molecule has 4 rings (SSSR count). The van der Waals surface area contributed by atoms with Gasteiger partial charge in [-0.3, -0.25) is 13.8 Å². The number of nitrogens with one attached hydrogen (secondary N) is 1. The molecule has 0 aliphatic carbocycles. The first kappa shape index (κ1) is 51.4. The number of hydrogen-bond acceptors (Lipinski definition) is 11. The summed E-state index contributed by atoms with van der Waals surface area (Å²) in [5.74, 6) is -1.00. The molecule has 336 valence electrons. The largest absolute Gasteiger partial charge is 0.464 e. The van der Waals surface area contributed by atoms with E-state index in [1.165, 1.54) is 12.4 Å². The number of alkyl halides is 6. The van der Waals surface area contributed by atoms with Crippen molar-refractivity contribution >= 4 is 22.1 Å². The van der Waals surface area contributed by atoms with Crippen LogP contribution in [0.5, 0.6) is 0 Å². The molecule has 59 heavy (non-hydrogen) atoms. The van der Waals surface area contributed by atoms with E-state index in [-0.39, 0.29) is 42.6 Å². The van der Waals surface area contributed by atoms with E-state index >= 15 is 0 Å². The lowest BCUT2D eigenvalue weighted by Gasteiger charge is -2.31. The van der Waals surface area contributed by atoms with Crippen LogP contribution in [0, 0.1) is 11.8 Å². The summed E-state index contributed by atoms with van der Waals surface area (Å²) < 4.78 is 116. The van der Waals surface area contributed by atoms with Crippen LogP contribution >= 0.6 is 0 Å². The zero-order valence-corrected chi connectivity index (χ0v) is 35.5. The number of halogens is 6. The quantitative estimate of drug-likeness (QED) is 0.116. The normalized spacial score (nSPS) is 15.8. The maximum Gasteiger partial charge on any atom is 0.416 e. The topological polar surface area (TPSA) is 157 Å². The number of rotatable bonds is 17. The van der Waals surface area contributed by atoms with Crippen molar-refractivity contribution in [1.82, 2.24) is 19.4 Å². The summed E-state index contributed by atoms with van der Waals surface area (Å²) in [5.41, 5.74) is -3.10. The van der Waals surface area contributed by atoms with Crippen molar-refractivity contribution in [3.63, 3.8) is 0 Å². The number of aromatic nitrogens is 2. The number of ether oxygens (including phenoxy) is 2. The molecule has 2 saturated heterocycles.